The van der Waals surface area contributed by atoms with E-state index in [2.05, 4.69) is 20.8 Å². The minimum absolute atomic E-state index is 0.203. The number of morpholine rings is 1. The van der Waals surface area contributed by atoms with Crippen LogP contribution < -0.4 is 4.90 Å². The van der Waals surface area contributed by atoms with Crippen molar-refractivity contribution in [2.45, 2.75) is 36.7 Å². The monoisotopic (exact) mass is 340 g/mol. The average Bonchev–Trinajstić information content (AvgIpc) is 2.95. The van der Waals surface area contributed by atoms with Crippen molar-refractivity contribution in [2.24, 2.45) is 0 Å². The van der Waals surface area contributed by atoms with Gasteiger partial charge in [0.25, 0.3) is 5.69 Å². The summed E-state index contributed by atoms with van der Waals surface area (Å²) >= 11 is 3.35. The van der Waals surface area contributed by atoms with Gasteiger partial charge in [0.05, 0.1) is 23.7 Å². The zero-order valence-electron chi connectivity index (χ0n) is 11.1. The Bertz CT molecular complexity index is 523. The van der Waals surface area contributed by atoms with Crippen LogP contribution in [-0.4, -0.2) is 30.2 Å². The van der Waals surface area contributed by atoms with Crippen LogP contribution in [0.3, 0.4) is 0 Å². The van der Waals surface area contributed by atoms with Gasteiger partial charge in [0.1, 0.15) is 5.69 Å². The molecule has 0 bridgehead atoms. The molecule has 1 aliphatic heterocycles. The normalized spacial score (nSPS) is 25.6. The summed E-state index contributed by atoms with van der Waals surface area (Å²) in [6.45, 7) is 1.38. The maximum Gasteiger partial charge on any atom is 0.292 e. The molecule has 0 spiro atoms. The molecule has 0 N–H and O–H groups in total. The topological polar surface area (TPSA) is 55.6 Å². The van der Waals surface area contributed by atoms with E-state index >= 15 is 0 Å². The molecule has 2 atom stereocenters. The molecular weight excluding hydrogens is 324 g/mol. The summed E-state index contributed by atoms with van der Waals surface area (Å²) < 4.78 is 5.78. The molecule has 2 fully saturated rings. The number of anilines is 1. The summed E-state index contributed by atoms with van der Waals surface area (Å²) in [5, 5.41) is 12.0. The van der Waals surface area contributed by atoms with Gasteiger partial charge in [-0.25, -0.2) is 0 Å². The van der Waals surface area contributed by atoms with Crippen LogP contribution in [0.25, 0.3) is 0 Å². The van der Waals surface area contributed by atoms with Crippen LogP contribution in [0.5, 0.6) is 0 Å². The van der Waals surface area contributed by atoms with Gasteiger partial charge in [0.2, 0.25) is 0 Å². The Labute approximate surface area is 126 Å². The number of nitro benzene ring substituents is 1. The van der Waals surface area contributed by atoms with Gasteiger partial charge in [-0.3, -0.25) is 10.1 Å². The summed E-state index contributed by atoms with van der Waals surface area (Å²) in [7, 11) is 0. The first kappa shape index (κ1) is 13.8. The maximum absolute atomic E-state index is 11.4. The van der Waals surface area contributed by atoms with Gasteiger partial charge >= 0.3 is 0 Å². The Morgan fingerprint density at radius 3 is 3.05 bits per heavy atom. The molecule has 6 heteroatoms. The maximum atomic E-state index is 11.4. The van der Waals surface area contributed by atoms with E-state index in [1.54, 1.807) is 6.07 Å². The quantitative estimate of drug-likeness (QED) is 0.481. The lowest BCUT2D eigenvalue weighted by Gasteiger charge is -2.39. The highest BCUT2D eigenvalue weighted by Crippen LogP contribution is 2.37. The third-order valence-electron chi connectivity index (χ3n) is 4.18. The van der Waals surface area contributed by atoms with Gasteiger partial charge in [-0.15, -0.1) is 0 Å². The lowest BCUT2D eigenvalue weighted by Crippen LogP contribution is -2.48. The van der Waals surface area contributed by atoms with Crippen molar-refractivity contribution in [2.75, 3.05) is 18.1 Å². The van der Waals surface area contributed by atoms with E-state index in [1.165, 1.54) is 0 Å². The Hall–Kier alpha value is -1.14. The van der Waals surface area contributed by atoms with Crippen LogP contribution >= 0.6 is 15.9 Å². The van der Waals surface area contributed by atoms with Crippen LogP contribution in [0, 0.1) is 10.1 Å². The van der Waals surface area contributed by atoms with E-state index in [-0.39, 0.29) is 22.8 Å². The van der Waals surface area contributed by atoms with Crippen molar-refractivity contribution in [3.63, 3.8) is 0 Å². The molecule has 0 amide bonds. The number of rotatable bonds is 3. The molecule has 5 nitrogen and oxygen atoms in total. The van der Waals surface area contributed by atoms with Crippen molar-refractivity contribution >= 4 is 27.3 Å². The highest BCUT2D eigenvalue weighted by Gasteiger charge is 2.38. The predicted molar refractivity (Wildman–Crippen MR) is 80.5 cm³/mol. The number of hydrogen-bond acceptors (Lipinski definition) is 4. The number of ether oxygens (including phenoxy) is 1. The third-order valence-corrected chi connectivity index (χ3v) is 4.83. The smallest absolute Gasteiger partial charge is 0.292 e. The van der Waals surface area contributed by atoms with Crippen molar-refractivity contribution in [3.05, 3.63) is 33.9 Å². The van der Waals surface area contributed by atoms with Crippen molar-refractivity contribution in [1.29, 1.82) is 0 Å². The molecule has 0 radical (unpaired) electrons. The number of nitrogens with zero attached hydrogens (tertiary/aromatic N) is 2. The highest BCUT2D eigenvalue weighted by molar-refractivity contribution is 9.08. The molecule has 1 saturated carbocycles. The minimum Gasteiger partial charge on any atom is -0.374 e. The third kappa shape index (κ3) is 2.42. The van der Waals surface area contributed by atoms with Crippen LogP contribution in [0.1, 0.15) is 24.8 Å². The SMILES string of the molecule is O=[N+]([O-])c1cc(CBr)ccc1N1CCOC2CCCC21. The molecule has 3 rings (SSSR count). The molecule has 20 heavy (non-hydrogen) atoms. The number of fused-ring (bicyclic) bond motifs is 1. The first-order chi connectivity index (χ1) is 9.70. The first-order valence-corrected chi connectivity index (χ1v) is 8.04. The Morgan fingerprint density at radius 2 is 2.30 bits per heavy atom. The van der Waals surface area contributed by atoms with Gasteiger partial charge in [-0.1, -0.05) is 22.0 Å². The Balaban J connectivity index is 1.98. The predicted octanol–water partition coefficient (Wildman–Crippen LogP) is 3.25. The standard InChI is InChI=1S/C14H17BrN2O3/c15-9-10-4-5-11(13(8-10)17(18)19)16-6-7-20-14-3-1-2-12(14)16/h4-5,8,12,14H,1-3,6-7,9H2. The van der Waals surface area contributed by atoms with Gasteiger partial charge in [0.15, 0.2) is 0 Å². The summed E-state index contributed by atoms with van der Waals surface area (Å²) in [5.74, 6) is 0. The summed E-state index contributed by atoms with van der Waals surface area (Å²) in [5.41, 5.74) is 1.87. The largest absolute Gasteiger partial charge is 0.374 e. The van der Waals surface area contributed by atoms with Gasteiger partial charge in [0, 0.05) is 17.9 Å². The van der Waals surface area contributed by atoms with Crippen LogP contribution in [0.4, 0.5) is 11.4 Å². The number of benzene rings is 1. The average molecular weight is 341 g/mol. The molecule has 2 unspecified atom stereocenters. The Kier molecular flexibility index (Phi) is 3.94. The van der Waals surface area contributed by atoms with Crippen molar-refractivity contribution in [3.8, 4) is 0 Å². The second-order valence-corrected chi connectivity index (χ2v) is 5.88. The number of hydrogen-bond donors (Lipinski definition) is 0. The second kappa shape index (κ2) is 5.69. The van der Waals surface area contributed by atoms with E-state index in [0.29, 0.717) is 11.9 Å². The zero-order valence-corrected chi connectivity index (χ0v) is 12.7. The van der Waals surface area contributed by atoms with E-state index < -0.39 is 0 Å². The van der Waals surface area contributed by atoms with Gasteiger partial charge < -0.3 is 9.64 Å². The fourth-order valence-corrected chi connectivity index (χ4v) is 3.61. The summed E-state index contributed by atoms with van der Waals surface area (Å²) in [6.07, 6.45) is 3.49. The van der Waals surface area contributed by atoms with E-state index in [0.717, 1.165) is 37.1 Å². The molecule has 1 aromatic carbocycles. The molecular formula is C14H17BrN2O3. The van der Waals surface area contributed by atoms with Crippen LogP contribution in [0.15, 0.2) is 18.2 Å². The highest BCUT2D eigenvalue weighted by atomic mass is 79.9. The van der Waals surface area contributed by atoms with Crippen molar-refractivity contribution < 1.29 is 9.66 Å². The number of halogens is 1. The van der Waals surface area contributed by atoms with E-state index in [9.17, 15) is 10.1 Å². The number of alkyl halides is 1. The van der Waals surface area contributed by atoms with Gasteiger partial charge in [-0.2, -0.15) is 0 Å². The number of nitro groups is 1. The second-order valence-electron chi connectivity index (χ2n) is 5.31. The summed E-state index contributed by atoms with van der Waals surface area (Å²) in [6, 6.07) is 5.80. The molecule has 1 saturated heterocycles. The van der Waals surface area contributed by atoms with Crippen LogP contribution in [-0.2, 0) is 10.1 Å². The van der Waals surface area contributed by atoms with E-state index in [1.807, 2.05) is 12.1 Å². The molecule has 108 valence electrons. The molecule has 1 aromatic rings. The fourth-order valence-electron chi connectivity index (χ4n) is 3.27. The summed E-state index contributed by atoms with van der Waals surface area (Å²) in [4.78, 5) is 13.3. The minimum atomic E-state index is -0.277. The molecule has 1 heterocycles. The molecule has 2 aliphatic rings. The van der Waals surface area contributed by atoms with Gasteiger partial charge in [-0.05, 0) is 30.9 Å². The molecule has 0 aromatic heterocycles. The van der Waals surface area contributed by atoms with E-state index in [4.69, 9.17) is 4.74 Å². The van der Waals surface area contributed by atoms with Crippen LogP contribution in [0.2, 0.25) is 0 Å². The fraction of sp³-hybridized carbons (Fsp3) is 0.571. The van der Waals surface area contributed by atoms with Crippen molar-refractivity contribution in [1.82, 2.24) is 0 Å². The lowest BCUT2D eigenvalue weighted by atomic mass is 10.1. The Morgan fingerprint density at radius 1 is 1.45 bits per heavy atom. The zero-order chi connectivity index (χ0) is 14.1. The lowest BCUT2D eigenvalue weighted by molar-refractivity contribution is -0.384. The first-order valence-electron chi connectivity index (χ1n) is 6.92. The molecule has 1 aliphatic carbocycles.